The van der Waals surface area contributed by atoms with Gasteiger partial charge in [0.15, 0.2) is 0 Å². The maximum absolute atomic E-state index is 6.35. The molecule has 3 rings (SSSR count). The number of nitrogens with zero attached hydrogens (tertiary/aromatic N) is 2. The van der Waals surface area contributed by atoms with Gasteiger partial charge in [0, 0.05) is 0 Å². The Morgan fingerprint density at radius 2 is 1.90 bits per heavy atom. The van der Waals surface area contributed by atoms with Gasteiger partial charge in [0.25, 0.3) is 0 Å². The smallest absolute Gasteiger partial charge is 0.128 e. The third-order valence-electron chi connectivity index (χ3n) is 3.86. The Labute approximate surface area is 129 Å². The Bertz CT molecular complexity index is 785. The summed E-state index contributed by atoms with van der Waals surface area (Å²) in [6.45, 7) is 8.13. The van der Waals surface area contributed by atoms with Crippen molar-refractivity contribution in [2.75, 3.05) is 0 Å². The van der Waals surface area contributed by atoms with E-state index in [-0.39, 0.29) is 11.4 Å². The van der Waals surface area contributed by atoms with Crippen LogP contribution in [0.4, 0.5) is 0 Å². The van der Waals surface area contributed by atoms with Crippen molar-refractivity contribution < 1.29 is 4.42 Å². The largest absolute Gasteiger partial charge is 0.464 e. The molecule has 0 radical (unpaired) electrons. The fraction of sp³-hybridized carbons (Fsp3) is 0.353. The first-order valence-corrected chi connectivity index (χ1v) is 7.60. The minimum absolute atomic E-state index is 0.0565. The predicted octanol–water partition coefficient (Wildman–Crippen LogP) is 5.16. The number of benzene rings is 1. The summed E-state index contributed by atoms with van der Waals surface area (Å²) >= 11 is 6.35. The van der Waals surface area contributed by atoms with Crippen LogP contribution in [0.15, 0.2) is 34.7 Å². The van der Waals surface area contributed by atoms with Crippen LogP contribution in [-0.4, -0.2) is 9.55 Å². The van der Waals surface area contributed by atoms with E-state index in [1.54, 1.807) is 0 Å². The SMILES string of the molecule is Cc1ccc(C(C)n2c(C(C)Cl)nc3cccc(C)c32)o1. The number of fused-ring (bicyclic) bond motifs is 1. The summed E-state index contributed by atoms with van der Waals surface area (Å²) in [4.78, 5) is 4.72. The van der Waals surface area contributed by atoms with Crippen LogP contribution in [0.25, 0.3) is 11.0 Å². The van der Waals surface area contributed by atoms with Crippen LogP contribution in [-0.2, 0) is 0 Å². The number of hydrogen-bond acceptors (Lipinski definition) is 2. The van der Waals surface area contributed by atoms with Crippen LogP contribution in [0, 0.1) is 13.8 Å². The molecule has 2 heterocycles. The highest BCUT2D eigenvalue weighted by Crippen LogP contribution is 2.32. The van der Waals surface area contributed by atoms with E-state index < -0.39 is 0 Å². The Hall–Kier alpha value is -1.74. The molecule has 2 atom stereocenters. The highest BCUT2D eigenvalue weighted by molar-refractivity contribution is 6.20. The van der Waals surface area contributed by atoms with Gasteiger partial charge in [-0.1, -0.05) is 12.1 Å². The van der Waals surface area contributed by atoms with Crippen molar-refractivity contribution in [1.29, 1.82) is 0 Å². The van der Waals surface area contributed by atoms with Crippen molar-refractivity contribution >= 4 is 22.6 Å². The molecule has 110 valence electrons. The minimum atomic E-state index is -0.157. The normalized spacial score (nSPS) is 14.5. The quantitative estimate of drug-likeness (QED) is 0.626. The summed E-state index contributed by atoms with van der Waals surface area (Å²) in [5, 5.41) is -0.157. The molecular weight excluding hydrogens is 284 g/mol. The number of para-hydroxylation sites is 1. The van der Waals surface area contributed by atoms with Gasteiger partial charge in [0.1, 0.15) is 17.3 Å². The van der Waals surface area contributed by atoms with Crippen LogP contribution in [0.1, 0.15) is 48.2 Å². The molecule has 0 aliphatic carbocycles. The van der Waals surface area contributed by atoms with Gasteiger partial charge in [-0.05, 0) is 51.5 Å². The minimum Gasteiger partial charge on any atom is -0.464 e. The number of rotatable bonds is 3. The number of alkyl halides is 1. The van der Waals surface area contributed by atoms with E-state index in [0.717, 1.165) is 28.4 Å². The molecule has 4 heteroatoms. The number of aromatic nitrogens is 2. The number of halogens is 1. The van der Waals surface area contributed by atoms with Gasteiger partial charge >= 0.3 is 0 Å². The molecule has 0 fully saturated rings. The first-order valence-electron chi connectivity index (χ1n) is 7.17. The van der Waals surface area contributed by atoms with Gasteiger partial charge < -0.3 is 8.98 Å². The van der Waals surface area contributed by atoms with Crippen molar-refractivity contribution in [3.63, 3.8) is 0 Å². The number of hydrogen-bond donors (Lipinski definition) is 0. The van der Waals surface area contributed by atoms with Crippen LogP contribution >= 0.6 is 11.6 Å². The Balaban J connectivity index is 2.26. The predicted molar refractivity (Wildman–Crippen MR) is 86.0 cm³/mol. The zero-order valence-corrected chi connectivity index (χ0v) is 13.5. The second-order valence-corrected chi connectivity index (χ2v) is 6.18. The fourth-order valence-electron chi connectivity index (χ4n) is 2.82. The van der Waals surface area contributed by atoms with E-state index in [1.807, 2.05) is 38.1 Å². The molecule has 0 aliphatic rings. The van der Waals surface area contributed by atoms with Crippen molar-refractivity contribution in [2.45, 2.75) is 39.1 Å². The highest BCUT2D eigenvalue weighted by atomic mass is 35.5. The van der Waals surface area contributed by atoms with E-state index in [2.05, 4.69) is 24.5 Å². The Morgan fingerprint density at radius 1 is 1.14 bits per heavy atom. The lowest BCUT2D eigenvalue weighted by molar-refractivity contribution is 0.427. The molecule has 1 aromatic carbocycles. The second kappa shape index (κ2) is 5.23. The summed E-state index contributed by atoms with van der Waals surface area (Å²) in [6.07, 6.45) is 0. The molecule has 0 amide bonds. The molecule has 0 N–H and O–H groups in total. The molecule has 0 spiro atoms. The number of furan rings is 1. The first-order chi connectivity index (χ1) is 9.99. The molecule has 0 bridgehead atoms. The molecule has 0 saturated carbocycles. The summed E-state index contributed by atoms with van der Waals surface area (Å²) in [5.74, 6) is 2.72. The van der Waals surface area contributed by atoms with Crippen molar-refractivity contribution in [3.8, 4) is 0 Å². The molecule has 21 heavy (non-hydrogen) atoms. The van der Waals surface area contributed by atoms with Crippen molar-refractivity contribution in [2.24, 2.45) is 0 Å². The standard InChI is InChI=1S/C17H19ClN2O/c1-10-6-5-7-14-16(10)20(17(19-14)12(3)18)13(4)15-9-8-11(2)21-15/h5-9,12-13H,1-4H3. The molecular formula is C17H19ClN2O. The van der Waals surface area contributed by atoms with Gasteiger partial charge in [-0.2, -0.15) is 0 Å². The zero-order valence-electron chi connectivity index (χ0n) is 12.7. The lowest BCUT2D eigenvalue weighted by atomic mass is 10.1. The summed E-state index contributed by atoms with van der Waals surface area (Å²) in [5.41, 5.74) is 3.30. The van der Waals surface area contributed by atoms with Gasteiger partial charge in [0.2, 0.25) is 0 Å². The van der Waals surface area contributed by atoms with Crippen LogP contribution in [0.5, 0.6) is 0 Å². The third-order valence-corrected chi connectivity index (χ3v) is 4.05. The van der Waals surface area contributed by atoms with E-state index in [1.165, 1.54) is 5.56 Å². The van der Waals surface area contributed by atoms with Crippen LogP contribution in [0.2, 0.25) is 0 Å². The highest BCUT2D eigenvalue weighted by Gasteiger charge is 2.22. The van der Waals surface area contributed by atoms with E-state index in [9.17, 15) is 0 Å². The lowest BCUT2D eigenvalue weighted by Gasteiger charge is -2.17. The lowest BCUT2D eigenvalue weighted by Crippen LogP contribution is -2.11. The number of aryl methyl sites for hydroxylation is 2. The van der Waals surface area contributed by atoms with Crippen LogP contribution in [0.3, 0.4) is 0 Å². The van der Waals surface area contributed by atoms with Crippen molar-refractivity contribution in [3.05, 3.63) is 53.2 Å². The number of imidazole rings is 1. The second-order valence-electron chi connectivity index (χ2n) is 5.52. The average Bonchev–Trinajstić information content (AvgIpc) is 3.02. The monoisotopic (exact) mass is 302 g/mol. The van der Waals surface area contributed by atoms with Gasteiger partial charge in [0.05, 0.1) is 22.5 Å². The average molecular weight is 303 g/mol. The van der Waals surface area contributed by atoms with Gasteiger partial charge in [-0.25, -0.2) is 4.98 Å². The molecule has 3 nitrogen and oxygen atoms in total. The topological polar surface area (TPSA) is 31.0 Å². The summed E-state index contributed by atoms with van der Waals surface area (Å²) < 4.78 is 8.00. The van der Waals surface area contributed by atoms with Crippen LogP contribution < -0.4 is 0 Å². The summed E-state index contributed by atoms with van der Waals surface area (Å²) in [7, 11) is 0. The maximum atomic E-state index is 6.35. The first kappa shape index (κ1) is 14.2. The molecule has 2 unspecified atom stereocenters. The Morgan fingerprint density at radius 3 is 2.52 bits per heavy atom. The molecule has 3 aromatic rings. The van der Waals surface area contributed by atoms with E-state index in [4.69, 9.17) is 21.0 Å². The third kappa shape index (κ3) is 2.36. The zero-order chi connectivity index (χ0) is 15.1. The van der Waals surface area contributed by atoms with Gasteiger partial charge in [-0.3, -0.25) is 0 Å². The molecule has 2 aromatic heterocycles. The maximum Gasteiger partial charge on any atom is 0.128 e. The summed E-state index contributed by atoms with van der Waals surface area (Å²) in [6, 6.07) is 10.2. The van der Waals surface area contributed by atoms with E-state index >= 15 is 0 Å². The Kier molecular flexibility index (Phi) is 3.54. The molecule has 0 saturated heterocycles. The van der Waals surface area contributed by atoms with Gasteiger partial charge in [-0.15, -0.1) is 11.6 Å². The van der Waals surface area contributed by atoms with Crippen molar-refractivity contribution in [1.82, 2.24) is 9.55 Å². The molecule has 0 aliphatic heterocycles. The van der Waals surface area contributed by atoms with E-state index in [0.29, 0.717) is 0 Å². The fourth-order valence-corrected chi connectivity index (χ4v) is 2.97.